The lowest BCUT2D eigenvalue weighted by Crippen LogP contribution is -2.51. The largest absolute Gasteiger partial charge is 0.497 e. The summed E-state index contributed by atoms with van der Waals surface area (Å²) >= 11 is 0. The number of ether oxygens (including phenoxy) is 1. The van der Waals surface area contributed by atoms with Gasteiger partial charge in [-0.3, -0.25) is 0 Å². The first kappa shape index (κ1) is 19.9. The lowest BCUT2D eigenvalue weighted by Gasteiger charge is -2.38. The molecule has 1 aliphatic carbocycles. The molecule has 1 saturated carbocycles. The summed E-state index contributed by atoms with van der Waals surface area (Å²) in [6.45, 7) is 2.24. The molecule has 2 amide bonds. The molecule has 8 heteroatoms. The Balaban J connectivity index is 1.66. The van der Waals surface area contributed by atoms with Gasteiger partial charge in [0.1, 0.15) is 11.3 Å². The zero-order valence-electron chi connectivity index (χ0n) is 17.2. The van der Waals surface area contributed by atoms with E-state index in [1.165, 1.54) is 0 Å². The Morgan fingerprint density at radius 2 is 1.90 bits per heavy atom. The lowest BCUT2D eigenvalue weighted by molar-refractivity contribution is 0.182. The first-order valence-electron chi connectivity index (χ1n) is 10.2. The number of anilines is 1. The first-order chi connectivity index (χ1) is 14.6. The van der Waals surface area contributed by atoms with Crippen molar-refractivity contribution in [2.45, 2.75) is 38.1 Å². The second-order valence-corrected chi connectivity index (χ2v) is 7.83. The second kappa shape index (κ2) is 8.52. The molecule has 4 rings (SSSR count). The number of para-hydroxylation sites is 1. The number of nitrogens with zero attached hydrogens (tertiary/aromatic N) is 4. The minimum absolute atomic E-state index is 0.268. The number of methoxy groups -OCH3 is 1. The van der Waals surface area contributed by atoms with E-state index in [1.807, 2.05) is 54.6 Å². The number of aromatic nitrogens is 4. The highest BCUT2D eigenvalue weighted by atomic mass is 16.5. The van der Waals surface area contributed by atoms with Crippen molar-refractivity contribution in [1.82, 2.24) is 25.5 Å². The maximum atomic E-state index is 12.9. The predicted octanol–water partition coefficient (Wildman–Crippen LogP) is 3.90. The smallest absolute Gasteiger partial charge is 0.320 e. The molecular weight excluding hydrogens is 380 g/mol. The quantitative estimate of drug-likeness (QED) is 0.670. The van der Waals surface area contributed by atoms with Crippen molar-refractivity contribution in [3.8, 4) is 11.4 Å². The molecule has 0 atom stereocenters. The fraction of sp³-hybridized carbons (Fsp3) is 0.364. The third-order valence-electron chi connectivity index (χ3n) is 5.71. The Morgan fingerprint density at radius 1 is 1.13 bits per heavy atom. The standard InChI is InChI=1S/C22H26N6O2/c1-16-11-13-22(14-12-16,24-21(29)23-17-7-4-3-5-8-17)20-25-26-27-28(20)18-9-6-10-19(15-18)30-2/h3-10,15-16H,11-14H2,1-2H3,(H2,23,24,29). The lowest BCUT2D eigenvalue weighted by atomic mass is 9.76. The Kier molecular flexibility index (Phi) is 5.65. The number of hydrogen-bond donors (Lipinski definition) is 2. The number of tetrazole rings is 1. The van der Waals surface area contributed by atoms with Crippen LogP contribution in [0.4, 0.5) is 10.5 Å². The Hall–Kier alpha value is -3.42. The van der Waals surface area contributed by atoms with Crippen molar-refractivity contribution < 1.29 is 9.53 Å². The van der Waals surface area contributed by atoms with Gasteiger partial charge < -0.3 is 15.4 Å². The van der Waals surface area contributed by atoms with Gasteiger partial charge in [-0.15, -0.1) is 5.10 Å². The van der Waals surface area contributed by atoms with E-state index < -0.39 is 5.54 Å². The Morgan fingerprint density at radius 3 is 2.63 bits per heavy atom. The van der Waals surface area contributed by atoms with Gasteiger partial charge in [0.05, 0.1) is 12.8 Å². The average molecular weight is 406 g/mol. The fourth-order valence-corrected chi connectivity index (χ4v) is 3.96. The third kappa shape index (κ3) is 4.12. The number of carbonyl (C=O) groups excluding carboxylic acids is 1. The molecule has 3 aromatic rings. The highest BCUT2D eigenvalue weighted by Crippen LogP contribution is 2.39. The average Bonchev–Trinajstić information content (AvgIpc) is 3.27. The molecule has 156 valence electrons. The molecule has 0 saturated heterocycles. The Bertz CT molecular complexity index is 996. The summed E-state index contributed by atoms with van der Waals surface area (Å²) in [7, 11) is 1.62. The van der Waals surface area contributed by atoms with Crippen molar-refractivity contribution in [2.24, 2.45) is 5.92 Å². The van der Waals surface area contributed by atoms with Crippen molar-refractivity contribution in [2.75, 3.05) is 12.4 Å². The van der Waals surface area contributed by atoms with Crippen LogP contribution in [0.25, 0.3) is 5.69 Å². The van der Waals surface area contributed by atoms with Gasteiger partial charge in [0.25, 0.3) is 0 Å². The summed E-state index contributed by atoms with van der Waals surface area (Å²) in [5, 5.41) is 18.6. The monoisotopic (exact) mass is 406 g/mol. The van der Waals surface area contributed by atoms with Crippen molar-refractivity contribution in [3.05, 3.63) is 60.4 Å². The topological polar surface area (TPSA) is 94.0 Å². The first-order valence-corrected chi connectivity index (χ1v) is 10.2. The summed E-state index contributed by atoms with van der Waals surface area (Å²) in [4.78, 5) is 12.9. The van der Waals surface area contributed by atoms with Crippen molar-refractivity contribution in [3.63, 3.8) is 0 Å². The number of nitrogens with one attached hydrogen (secondary N) is 2. The van der Waals surface area contributed by atoms with E-state index in [4.69, 9.17) is 4.74 Å². The van der Waals surface area contributed by atoms with Crippen molar-refractivity contribution in [1.29, 1.82) is 0 Å². The van der Waals surface area contributed by atoms with Crippen LogP contribution in [0.2, 0.25) is 0 Å². The second-order valence-electron chi connectivity index (χ2n) is 7.83. The van der Waals surface area contributed by atoms with Crippen LogP contribution in [0, 0.1) is 5.92 Å². The molecule has 8 nitrogen and oxygen atoms in total. The molecule has 2 aromatic carbocycles. The van der Waals surface area contributed by atoms with Gasteiger partial charge >= 0.3 is 6.03 Å². The maximum Gasteiger partial charge on any atom is 0.320 e. The molecule has 30 heavy (non-hydrogen) atoms. The molecule has 1 heterocycles. The summed E-state index contributed by atoms with van der Waals surface area (Å²) in [5.74, 6) is 1.94. The number of rotatable bonds is 5. The van der Waals surface area contributed by atoms with Crippen LogP contribution in [0.1, 0.15) is 38.4 Å². The molecule has 2 N–H and O–H groups in total. The van der Waals surface area contributed by atoms with Gasteiger partial charge in [-0.1, -0.05) is 31.2 Å². The van der Waals surface area contributed by atoms with Crippen LogP contribution in [0.15, 0.2) is 54.6 Å². The molecule has 0 radical (unpaired) electrons. The fourth-order valence-electron chi connectivity index (χ4n) is 3.96. The van der Waals surface area contributed by atoms with Crippen molar-refractivity contribution >= 4 is 11.7 Å². The van der Waals surface area contributed by atoms with Gasteiger partial charge in [-0.2, -0.15) is 4.68 Å². The number of amides is 2. The van der Waals surface area contributed by atoms with E-state index in [1.54, 1.807) is 11.8 Å². The zero-order chi connectivity index (χ0) is 21.0. The van der Waals surface area contributed by atoms with Gasteiger partial charge in [0.2, 0.25) is 0 Å². The third-order valence-corrected chi connectivity index (χ3v) is 5.71. The van der Waals surface area contributed by atoms with Gasteiger partial charge in [0, 0.05) is 11.8 Å². The SMILES string of the molecule is COc1cccc(-n2nnnc2C2(NC(=O)Nc3ccccc3)CCC(C)CC2)c1. The molecule has 1 aromatic heterocycles. The molecule has 0 bridgehead atoms. The number of urea groups is 1. The summed E-state index contributed by atoms with van der Waals surface area (Å²) < 4.78 is 7.04. The van der Waals surface area contributed by atoms with E-state index in [0.717, 1.165) is 42.8 Å². The number of benzene rings is 2. The molecule has 1 aliphatic rings. The normalized spacial score (nSPS) is 21.1. The maximum absolute atomic E-state index is 12.9. The van der Waals surface area contributed by atoms with E-state index in [2.05, 4.69) is 33.1 Å². The van der Waals surface area contributed by atoms with Crippen LogP contribution in [0.5, 0.6) is 5.75 Å². The van der Waals surface area contributed by atoms with Gasteiger partial charge in [0.15, 0.2) is 5.82 Å². The van der Waals surface area contributed by atoms with Gasteiger partial charge in [-0.25, -0.2) is 4.79 Å². The zero-order valence-corrected chi connectivity index (χ0v) is 17.2. The van der Waals surface area contributed by atoms with E-state index >= 15 is 0 Å². The van der Waals surface area contributed by atoms with Gasteiger partial charge in [-0.05, 0) is 66.3 Å². The van der Waals surface area contributed by atoms with E-state index in [-0.39, 0.29) is 6.03 Å². The number of carbonyl (C=O) groups is 1. The predicted molar refractivity (Wildman–Crippen MR) is 114 cm³/mol. The summed E-state index contributed by atoms with van der Waals surface area (Å²) in [5.41, 5.74) is 0.872. The molecule has 0 spiro atoms. The van der Waals surface area contributed by atoms with E-state index in [0.29, 0.717) is 11.7 Å². The highest BCUT2D eigenvalue weighted by molar-refractivity contribution is 5.89. The molecule has 0 aliphatic heterocycles. The highest BCUT2D eigenvalue weighted by Gasteiger charge is 2.42. The van der Waals surface area contributed by atoms with Crippen LogP contribution in [-0.2, 0) is 5.54 Å². The van der Waals surface area contributed by atoms with Crippen LogP contribution < -0.4 is 15.4 Å². The minimum atomic E-state index is -0.655. The minimum Gasteiger partial charge on any atom is -0.497 e. The summed E-state index contributed by atoms with van der Waals surface area (Å²) in [6, 6.07) is 16.7. The number of hydrogen-bond acceptors (Lipinski definition) is 5. The van der Waals surface area contributed by atoms with Crippen LogP contribution >= 0.6 is 0 Å². The van der Waals surface area contributed by atoms with Crippen LogP contribution in [0.3, 0.4) is 0 Å². The summed E-state index contributed by atoms with van der Waals surface area (Å²) in [6.07, 6.45) is 3.49. The molecular formula is C22H26N6O2. The molecule has 1 fully saturated rings. The Labute approximate surface area is 175 Å². The van der Waals surface area contributed by atoms with Crippen LogP contribution in [-0.4, -0.2) is 33.3 Å². The molecule has 0 unspecified atom stereocenters. The van der Waals surface area contributed by atoms with E-state index in [9.17, 15) is 4.79 Å².